The van der Waals surface area contributed by atoms with E-state index >= 15 is 0 Å². The van der Waals surface area contributed by atoms with E-state index in [9.17, 15) is 8.42 Å². The Hall–Kier alpha value is -0.170. The van der Waals surface area contributed by atoms with Crippen LogP contribution in [0, 0.1) is 11.8 Å². The normalized spacial score (nSPS) is 29.7. The molecule has 18 heavy (non-hydrogen) atoms. The van der Waals surface area contributed by atoms with Gasteiger partial charge < -0.3 is 5.73 Å². The largest absolute Gasteiger partial charge is 0.330 e. The maximum atomic E-state index is 12.1. The molecule has 1 aliphatic rings. The fraction of sp³-hybridized carbons (Fsp3) is 1.00. The highest BCUT2D eigenvalue weighted by Crippen LogP contribution is 2.29. The molecule has 0 aliphatic heterocycles. The van der Waals surface area contributed by atoms with Crippen molar-refractivity contribution in [1.29, 1.82) is 0 Å². The van der Waals surface area contributed by atoms with Gasteiger partial charge in [0.1, 0.15) is 0 Å². The first kappa shape index (κ1) is 15.9. The van der Waals surface area contributed by atoms with E-state index in [1.54, 1.807) is 7.05 Å². The highest BCUT2D eigenvalue weighted by Gasteiger charge is 2.31. The van der Waals surface area contributed by atoms with Crippen molar-refractivity contribution >= 4 is 10.2 Å². The second-order valence-electron chi connectivity index (χ2n) is 5.46. The lowest BCUT2D eigenvalue weighted by molar-refractivity contribution is 0.224. The molecule has 0 aromatic heterocycles. The van der Waals surface area contributed by atoms with Crippen molar-refractivity contribution in [1.82, 2.24) is 9.03 Å². The Morgan fingerprint density at radius 1 is 1.33 bits per heavy atom. The van der Waals surface area contributed by atoms with Crippen LogP contribution in [0.3, 0.4) is 0 Å². The monoisotopic (exact) mass is 277 g/mol. The van der Waals surface area contributed by atoms with Crippen molar-refractivity contribution in [2.75, 3.05) is 20.1 Å². The fourth-order valence-corrected chi connectivity index (χ4v) is 3.73. The van der Waals surface area contributed by atoms with Crippen LogP contribution in [0.5, 0.6) is 0 Å². The van der Waals surface area contributed by atoms with Gasteiger partial charge in [-0.2, -0.15) is 17.4 Å². The van der Waals surface area contributed by atoms with Crippen LogP contribution in [0.1, 0.15) is 39.5 Å². The zero-order chi connectivity index (χ0) is 13.8. The van der Waals surface area contributed by atoms with Crippen LogP contribution in [-0.2, 0) is 10.2 Å². The van der Waals surface area contributed by atoms with Gasteiger partial charge in [-0.1, -0.05) is 26.7 Å². The molecule has 0 amide bonds. The standard InChI is InChI=1S/C12H27N3O2S/c1-10-6-4-7-12(11(10)2)14-18(16,17)15(3)9-5-8-13/h10-12,14H,4-9,13H2,1-3H3. The predicted octanol–water partition coefficient (Wildman–Crippen LogP) is 0.926. The van der Waals surface area contributed by atoms with Crippen molar-refractivity contribution in [3.8, 4) is 0 Å². The molecular weight excluding hydrogens is 250 g/mol. The number of nitrogens with one attached hydrogen (secondary N) is 1. The lowest BCUT2D eigenvalue weighted by Gasteiger charge is -2.35. The first-order valence-corrected chi connectivity index (χ1v) is 8.26. The quantitative estimate of drug-likeness (QED) is 0.758. The van der Waals surface area contributed by atoms with E-state index in [1.807, 2.05) is 0 Å². The predicted molar refractivity (Wildman–Crippen MR) is 74.3 cm³/mol. The fourth-order valence-electron chi connectivity index (χ4n) is 2.46. The van der Waals surface area contributed by atoms with E-state index in [2.05, 4.69) is 18.6 Å². The minimum absolute atomic E-state index is 0.0686. The van der Waals surface area contributed by atoms with Crippen LogP contribution in [0.25, 0.3) is 0 Å². The molecule has 6 heteroatoms. The first-order chi connectivity index (χ1) is 8.38. The van der Waals surface area contributed by atoms with E-state index in [4.69, 9.17) is 5.73 Å². The summed E-state index contributed by atoms with van der Waals surface area (Å²) in [4.78, 5) is 0. The minimum atomic E-state index is -3.36. The van der Waals surface area contributed by atoms with Crippen molar-refractivity contribution in [3.05, 3.63) is 0 Å². The molecule has 0 bridgehead atoms. The summed E-state index contributed by atoms with van der Waals surface area (Å²) in [5.41, 5.74) is 5.40. The van der Waals surface area contributed by atoms with Crippen LogP contribution in [-0.4, -0.2) is 38.9 Å². The van der Waals surface area contributed by atoms with Crippen molar-refractivity contribution in [3.63, 3.8) is 0 Å². The van der Waals surface area contributed by atoms with E-state index in [0.29, 0.717) is 31.3 Å². The molecule has 3 unspecified atom stereocenters. The summed E-state index contributed by atoms with van der Waals surface area (Å²) in [6, 6.07) is 0.0686. The molecule has 1 saturated carbocycles. The Balaban J connectivity index is 2.59. The van der Waals surface area contributed by atoms with Gasteiger partial charge in [0, 0.05) is 19.6 Å². The van der Waals surface area contributed by atoms with Crippen molar-refractivity contribution in [2.45, 2.75) is 45.6 Å². The van der Waals surface area contributed by atoms with Crippen LogP contribution in [0.4, 0.5) is 0 Å². The zero-order valence-corrected chi connectivity index (χ0v) is 12.5. The Kier molecular flexibility index (Phi) is 6.04. The molecule has 0 heterocycles. The van der Waals surface area contributed by atoms with Gasteiger partial charge in [-0.3, -0.25) is 0 Å². The lowest BCUT2D eigenvalue weighted by atomic mass is 9.78. The molecule has 0 aromatic rings. The van der Waals surface area contributed by atoms with Gasteiger partial charge in [-0.25, -0.2) is 0 Å². The molecule has 0 aromatic carbocycles. The topological polar surface area (TPSA) is 75.4 Å². The third-order valence-electron chi connectivity index (χ3n) is 4.09. The summed E-state index contributed by atoms with van der Waals surface area (Å²) in [6.07, 6.45) is 3.93. The Bertz CT molecular complexity index is 345. The summed E-state index contributed by atoms with van der Waals surface area (Å²) < 4.78 is 28.5. The Labute approximate surface area is 111 Å². The summed E-state index contributed by atoms with van der Waals surface area (Å²) >= 11 is 0. The maximum Gasteiger partial charge on any atom is 0.279 e. The molecule has 1 aliphatic carbocycles. The third-order valence-corrected chi connectivity index (χ3v) is 5.70. The summed E-state index contributed by atoms with van der Waals surface area (Å²) in [7, 11) is -1.75. The minimum Gasteiger partial charge on any atom is -0.330 e. The zero-order valence-electron chi connectivity index (χ0n) is 11.7. The second kappa shape index (κ2) is 6.84. The van der Waals surface area contributed by atoms with Gasteiger partial charge in [0.25, 0.3) is 10.2 Å². The number of hydrogen-bond acceptors (Lipinski definition) is 3. The SMILES string of the molecule is CC1CCCC(NS(=O)(=O)N(C)CCCN)C1C. The molecule has 0 saturated heterocycles. The molecule has 5 nitrogen and oxygen atoms in total. The van der Waals surface area contributed by atoms with E-state index in [1.165, 1.54) is 10.7 Å². The van der Waals surface area contributed by atoms with Gasteiger partial charge in [0.15, 0.2) is 0 Å². The number of nitrogens with two attached hydrogens (primary N) is 1. The average Bonchev–Trinajstić information content (AvgIpc) is 2.31. The van der Waals surface area contributed by atoms with Gasteiger partial charge in [-0.15, -0.1) is 0 Å². The van der Waals surface area contributed by atoms with E-state index < -0.39 is 10.2 Å². The number of hydrogen-bond donors (Lipinski definition) is 2. The average molecular weight is 277 g/mol. The van der Waals surface area contributed by atoms with Gasteiger partial charge in [-0.05, 0) is 31.2 Å². The van der Waals surface area contributed by atoms with Gasteiger partial charge >= 0.3 is 0 Å². The van der Waals surface area contributed by atoms with Gasteiger partial charge in [0.05, 0.1) is 0 Å². The highest BCUT2D eigenvalue weighted by molar-refractivity contribution is 7.87. The molecule has 1 rings (SSSR count). The number of nitrogens with zero attached hydrogens (tertiary/aromatic N) is 1. The smallest absolute Gasteiger partial charge is 0.279 e. The molecule has 108 valence electrons. The molecule has 3 atom stereocenters. The van der Waals surface area contributed by atoms with Crippen LogP contribution in [0.2, 0.25) is 0 Å². The Morgan fingerprint density at radius 2 is 2.00 bits per heavy atom. The summed E-state index contributed by atoms with van der Waals surface area (Å²) in [5.74, 6) is 0.984. The van der Waals surface area contributed by atoms with Gasteiger partial charge in [0.2, 0.25) is 0 Å². The molecule has 3 N–H and O–H groups in total. The van der Waals surface area contributed by atoms with Crippen molar-refractivity contribution in [2.24, 2.45) is 17.6 Å². The molecule has 0 radical (unpaired) electrons. The van der Waals surface area contributed by atoms with Crippen LogP contribution in [0.15, 0.2) is 0 Å². The maximum absolute atomic E-state index is 12.1. The third kappa shape index (κ3) is 4.19. The van der Waals surface area contributed by atoms with E-state index in [0.717, 1.165) is 12.8 Å². The number of rotatable bonds is 6. The first-order valence-electron chi connectivity index (χ1n) is 6.82. The molecule has 1 fully saturated rings. The summed E-state index contributed by atoms with van der Waals surface area (Å²) in [6.45, 7) is 5.32. The van der Waals surface area contributed by atoms with E-state index in [-0.39, 0.29) is 6.04 Å². The lowest BCUT2D eigenvalue weighted by Crippen LogP contribution is -2.49. The highest BCUT2D eigenvalue weighted by atomic mass is 32.2. The van der Waals surface area contributed by atoms with Crippen LogP contribution >= 0.6 is 0 Å². The van der Waals surface area contributed by atoms with Crippen LogP contribution < -0.4 is 10.5 Å². The Morgan fingerprint density at radius 3 is 2.61 bits per heavy atom. The molecule has 0 spiro atoms. The second-order valence-corrected chi connectivity index (χ2v) is 7.27. The molecular formula is C12H27N3O2S. The summed E-state index contributed by atoms with van der Waals surface area (Å²) in [5, 5.41) is 0. The van der Waals surface area contributed by atoms with Crippen molar-refractivity contribution < 1.29 is 8.42 Å².